The van der Waals surface area contributed by atoms with Gasteiger partial charge in [-0.25, -0.2) is 4.79 Å². The van der Waals surface area contributed by atoms with Crippen molar-refractivity contribution in [2.24, 2.45) is 0 Å². The number of hydrogen-bond donors (Lipinski definition) is 2. The number of methoxy groups -OCH3 is 1. The van der Waals surface area contributed by atoms with Gasteiger partial charge in [-0.15, -0.1) is 0 Å². The summed E-state index contributed by atoms with van der Waals surface area (Å²) in [7, 11) is 1.49. The van der Waals surface area contributed by atoms with E-state index in [4.69, 9.17) is 10.5 Å². The van der Waals surface area contributed by atoms with Gasteiger partial charge in [-0.1, -0.05) is 6.07 Å². The predicted molar refractivity (Wildman–Crippen MR) is 61.5 cm³/mol. The topological polar surface area (TPSA) is 102 Å². The molecule has 1 aromatic rings. The zero-order valence-corrected chi connectivity index (χ0v) is 9.60. The minimum Gasteiger partial charge on any atom is -0.495 e. The molecule has 0 radical (unpaired) electrons. The fraction of sp³-hybridized carbons (Fsp3) is 0.182. The van der Waals surface area contributed by atoms with Crippen LogP contribution in [0.4, 0.5) is 10.5 Å². The SMILES string of the molecule is COc1ccc(CN2C(=O)NC(=O)C2=O)cc1N. The van der Waals surface area contributed by atoms with Crippen molar-refractivity contribution in [1.29, 1.82) is 0 Å². The number of nitrogens with one attached hydrogen (secondary N) is 1. The molecule has 0 bridgehead atoms. The fourth-order valence-corrected chi connectivity index (χ4v) is 1.64. The van der Waals surface area contributed by atoms with Crippen LogP contribution in [-0.2, 0) is 16.1 Å². The molecule has 0 atom stereocenters. The van der Waals surface area contributed by atoms with Gasteiger partial charge in [-0.05, 0) is 17.7 Å². The first-order chi connectivity index (χ1) is 8.52. The number of carbonyl (C=O) groups is 3. The summed E-state index contributed by atoms with van der Waals surface area (Å²) in [6, 6.07) is 4.16. The van der Waals surface area contributed by atoms with Crippen molar-refractivity contribution in [3.63, 3.8) is 0 Å². The Hall–Kier alpha value is -2.57. The molecule has 1 aromatic carbocycles. The van der Waals surface area contributed by atoms with Gasteiger partial charge in [-0.2, -0.15) is 0 Å². The van der Waals surface area contributed by atoms with Crippen molar-refractivity contribution >= 4 is 23.5 Å². The molecule has 7 nitrogen and oxygen atoms in total. The summed E-state index contributed by atoms with van der Waals surface area (Å²) >= 11 is 0. The second-order valence-electron chi connectivity index (χ2n) is 3.73. The number of urea groups is 1. The lowest BCUT2D eigenvalue weighted by Gasteiger charge is -2.12. The molecule has 3 N–H and O–H groups in total. The van der Waals surface area contributed by atoms with Crippen LogP contribution in [0.2, 0.25) is 0 Å². The number of rotatable bonds is 3. The van der Waals surface area contributed by atoms with Crippen molar-refractivity contribution in [3.05, 3.63) is 23.8 Å². The van der Waals surface area contributed by atoms with Crippen LogP contribution in [0.15, 0.2) is 18.2 Å². The van der Waals surface area contributed by atoms with Gasteiger partial charge in [0, 0.05) is 0 Å². The average Bonchev–Trinajstić information content (AvgIpc) is 2.56. The molecule has 1 aliphatic rings. The highest BCUT2D eigenvalue weighted by molar-refractivity contribution is 6.44. The molecule has 2 rings (SSSR count). The Balaban J connectivity index is 2.19. The van der Waals surface area contributed by atoms with E-state index in [-0.39, 0.29) is 6.54 Å². The third-order valence-electron chi connectivity index (χ3n) is 2.54. The Morgan fingerprint density at radius 3 is 2.56 bits per heavy atom. The minimum absolute atomic E-state index is 0.00932. The summed E-state index contributed by atoms with van der Waals surface area (Å²) in [5.41, 5.74) is 6.73. The Morgan fingerprint density at radius 1 is 1.33 bits per heavy atom. The lowest BCUT2D eigenvalue weighted by atomic mass is 10.2. The highest BCUT2D eigenvalue weighted by atomic mass is 16.5. The lowest BCUT2D eigenvalue weighted by Crippen LogP contribution is -2.30. The number of amides is 4. The maximum Gasteiger partial charge on any atom is 0.331 e. The highest BCUT2D eigenvalue weighted by Gasteiger charge is 2.36. The standard InChI is InChI=1S/C11H11N3O4/c1-18-8-3-2-6(4-7(8)12)5-14-10(16)9(15)13-11(14)17/h2-4H,5,12H2,1H3,(H,13,15,17). The smallest absolute Gasteiger partial charge is 0.331 e. The van der Waals surface area contributed by atoms with Gasteiger partial charge >= 0.3 is 17.8 Å². The van der Waals surface area contributed by atoms with Crippen molar-refractivity contribution < 1.29 is 19.1 Å². The first-order valence-electron chi connectivity index (χ1n) is 5.12. The van der Waals surface area contributed by atoms with Gasteiger partial charge in [-0.3, -0.25) is 19.8 Å². The molecule has 94 valence electrons. The molecule has 1 aliphatic heterocycles. The number of anilines is 1. The van der Waals surface area contributed by atoms with Gasteiger partial charge in [0.1, 0.15) is 5.75 Å². The lowest BCUT2D eigenvalue weighted by molar-refractivity contribution is -0.140. The second-order valence-corrected chi connectivity index (χ2v) is 3.73. The first kappa shape index (κ1) is 11.9. The Bertz CT molecular complexity index is 541. The molecule has 0 aliphatic carbocycles. The van der Waals surface area contributed by atoms with E-state index in [1.165, 1.54) is 7.11 Å². The number of nitrogens with zero attached hydrogens (tertiary/aromatic N) is 1. The Morgan fingerprint density at radius 2 is 2.06 bits per heavy atom. The van der Waals surface area contributed by atoms with Crippen molar-refractivity contribution in [1.82, 2.24) is 10.2 Å². The van der Waals surface area contributed by atoms with Crippen molar-refractivity contribution in [3.8, 4) is 5.75 Å². The van der Waals surface area contributed by atoms with E-state index in [1.54, 1.807) is 18.2 Å². The molecule has 18 heavy (non-hydrogen) atoms. The van der Waals surface area contributed by atoms with Crippen LogP contribution in [0.3, 0.4) is 0 Å². The molecule has 0 saturated carbocycles. The number of nitrogens with two attached hydrogens (primary N) is 1. The third kappa shape index (κ3) is 1.97. The van der Waals surface area contributed by atoms with Crippen molar-refractivity contribution in [2.45, 2.75) is 6.54 Å². The van der Waals surface area contributed by atoms with Crippen LogP contribution >= 0.6 is 0 Å². The van der Waals surface area contributed by atoms with Gasteiger partial charge in [0.15, 0.2) is 0 Å². The van der Waals surface area contributed by atoms with Crippen LogP contribution in [-0.4, -0.2) is 29.9 Å². The predicted octanol–water partition coefficient (Wildman–Crippen LogP) is -0.144. The minimum atomic E-state index is -0.915. The van der Waals surface area contributed by atoms with Crippen LogP contribution in [0, 0.1) is 0 Å². The molecule has 1 fully saturated rings. The molecular weight excluding hydrogens is 238 g/mol. The quantitative estimate of drug-likeness (QED) is 0.441. The molecule has 4 amide bonds. The number of carbonyl (C=O) groups excluding carboxylic acids is 3. The molecular formula is C11H11N3O4. The van der Waals surface area contributed by atoms with E-state index in [0.29, 0.717) is 17.0 Å². The zero-order valence-electron chi connectivity index (χ0n) is 9.60. The van der Waals surface area contributed by atoms with Gasteiger partial charge in [0.05, 0.1) is 19.3 Å². The molecule has 0 aromatic heterocycles. The number of nitrogen functional groups attached to an aromatic ring is 1. The van der Waals surface area contributed by atoms with Crippen LogP contribution < -0.4 is 15.8 Å². The highest BCUT2D eigenvalue weighted by Crippen LogP contribution is 2.23. The molecule has 1 heterocycles. The van der Waals surface area contributed by atoms with Crippen LogP contribution in [0.1, 0.15) is 5.56 Å². The Labute approximate surface area is 102 Å². The summed E-state index contributed by atoms with van der Waals surface area (Å²) < 4.78 is 4.99. The number of ether oxygens (including phenoxy) is 1. The number of imide groups is 2. The number of benzene rings is 1. The molecule has 7 heteroatoms. The summed E-state index contributed by atoms with van der Waals surface area (Å²) in [4.78, 5) is 34.5. The average molecular weight is 249 g/mol. The van der Waals surface area contributed by atoms with Crippen molar-refractivity contribution in [2.75, 3.05) is 12.8 Å². The van der Waals surface area contributed by atoms with Gasteiger partial charge < -0.3 is 10.5 Å². The van der Waals surface area contributed by atoms with Crippen LogP contribution in [0.5, 0.6) is 5.75 Å². The number of hydrogen-bond acceptors (Lipinski definition) is 5. The zero-order chi connectivity index (χ0) is 13.3. The van der Waals surface area contributed by atoms with E-state index in [2.05, 4.69) is 0 Å². The summed E-state index contributed by atoms with van der Waals surface area (Å²) in [5.74, 6) is -1.28. The first-order valence-corrected chi connectivity index (χ1v) is 5.12. The largest absolute Gasteiger partial charge is 0.495 e. The second kappa shape index (κ2) is 4.36. The maximum atomic E-state index is 11.4. The molecule has 0 spiro atoms. The van der Waals surface area contributed by atoms with E-state index >= 15 is 0 Å². The van der Waals surface area contributed by atoms with Crippen LogP contribution in [0.25, 0.3) is 0 Å². The summed E-state index contributed by atoms with van der Waals surface area (Å²) in [6.45, 7) is -0.00932. The van der Waals surface area contributed by atoms with E-state index in [9.17, 15) is 14.4 Å². The monoisotopic (exact) mass is 249 g/mol. The summed E-state index contributed by atoms with van der Waals surface area (Å²) in [6.07, 6.45) is 0. The van der Waals surface area contributed by atoms with E-state index in [1.807, 2.05) is 5.32 Å². The van der Waals surface area contributed by atoms with Gasteiger partial charge in [0.25, 0.3) is 0 Å². The molecule has 1 saturated heterocycles. The van der Waals surface area contributed by atoms with Gasteiger partial charge in [0.2, 0.25) is 0 Å². The van der Waals surface area contributed by atoms with E-state index in [0.717, 1.165) is 4.90 Å². The van der Waals surface area contributed by atoms with E-state index < -0.39 is 17.8 Å². The fourth-order valence-electron chi connectivity index (χ4n) is 1.64. The normalized spacial score (nSPS) is 14.9. The molecule has 0 unspecified atom stereocenters. The maximum absolute atomic E-state index is 11.4. The Kier molecular flexibility index (Phi) is 2.88. The summed E-state index contributed by atoms with van der Waals surface area (Å²) in [5, 5.41) is 1.92. The third-order valence-corrected chi connectivity index (χ3v) is 2.54.